The van der Waals surface area contributed by atoms with Crippen molar-refractivity contribution in [3.63, 3.8) is 0 Å². The highest BCUT2D eigenvalue weighted by molar-refractivity contribution is 9.10. The predicted octanol–water partition coefficient (Wildman–Crippen LogP) is 2.35. The molecule has 0 atom stereocenters. The lowest BCUT2D eigenvalue weighted by atomic mass is 10.1. The molecule has 3 nitrogen and oxygen atoms in total. The van der Waals surface area contributed by atoms with Gasteiger partial charge in [-0.2, -0.15) is 0 Å². The van der Waals surface area contributed by atoms with E-state index >= 15 is 0 Å². The Morgan fingerprint density at radius 1 is 1.44 bits per heavy atom. The molecule has 0 spiro atoms. The number of rotatable bonds is 5. The maximum absolute atomic E-state index is 11.6. The van der Waals surface area contributed by atoms with Gasteiger partial charge in [-0.1, -0.05) is 34.1 Å². The maximum Gasteiger partial charge on any atom is 0.244 e. The molecule has 1 aliphatic rings. The van der Waals surface area contributed by atoms with Gasteiger partial charge in [0.05, 0.1) is 6.61 Å². The Bertz CT molecular complexity index is 467. The van der Waals surface area contributed by atoms with Crippen LogP contribution in [0.4, 0.5) is 0 Å². The monoisotopic (exact) mass is 309 g/mol. The first-order valence-corrected chi connectivity index (χ1v) is 6.76. The third kappa shape index (κ3) is 3.43. The lowest BCUT2D eigenvalue weighted by molar-refractivity contribution is -0.116. The largest absolute Gasteiger partial charge is 0.396 e. The fraction of sp³-hybridized carbons (Fsp3) is 0.357. The van der Waals surface area contributed by atoms with E-state index in [1.165, 1.54) is 6.08 Å². The van der Waals surface area contributed by atoms with Gasteiger partial charge in [-0.05, 0) is 30.5 Å². The van der Waals surface area contributed by atoms with E-state index < -0.39 is 0 Å². The molecule has 1 aliphatic carbocycles. The predicted molar refractivity (Wildman–Crippen MR) is 74.9 cm³/mol. The standard InChI is InChI=1S/C14H16BrNO2/c15-12-4-2-1-3-11(12)5-6-13(18)16-9-14(10-17)7-8-14/h1-6,17H,7-10H2,(H,16,18)/b6-5+. The highest BCUT2D eigenvalue weighted by Gasteiger charge is 2.41. The Balaban J connectivity index is 1.86. The van der Waals surface area contributed by atoms with Gasteiger partial charge in [-0.3, -0.25) is 4.79 Å². The molecule has 0 radical (unpaired) electrons. The van der Waals surface area contributed by atoms with Gasteiger partial charge in [-0.25, -0.2) is 0 Å². The number of hydrogen-bond donors (Lipinski definition) is 2. The zero-order valence-electron chi connectivity index (χ0n) is 10.0. The van der Waals surface area contributed by atoms with Crippen molar-refractivity contribution in [2.75, 3.05) is 13.2 Å². The number of aliphatic hydroxyl groups excluding tert-OH is 1. The molecule has 0 aromatic heterocycles. The average Bonchev–Trinajstić information content (AvgIpc) is 3.16. The smallest absolute Gasteiger partial charge is 0.244 e. The zero-order valence-corrected chi connectivity index (χ0v) is 11.6. The Morgan fingerprint density at radius 3 is 2.78 bits per heavy atom. The van der Waals surface area contributed by atoms with Gasteiger partial charge >= 0.3 is 0 Å². The molecule has 1 fully saturated rings. The van der Waals surface area contributed by atoms with Crippen molar-refractivity contribution >= 4 is 27.9 Å². The molecule has 1 aromatic carbocycles. The van der Waals surface area contributed by atoms with Crippen LogP contribution in [0.25, 0.3) is 6.08 Å². The Morgan fingerprint density at radius 2 is 2.17 bits per heavy atom. The number of amides is 1. The minimum Gasteiger partial charge on any atom is -0.396 e. The number of nitrogens with one attached hydrogen (secondary N) is 1. The summed E-state index contributed by atoms with van der Waals surface area (Å²) in [7, 11) is 0. The van der Waals surface area contributed by atoms with Crippen LogP contribution < -0.4 is 5.32 Å². The normalized spacial score (nSPS) is 16.8. The van der Waals surface area contributed by atoms with Crippen molar-refractivity contribution in [3.8, 4) is 0 Å². The van der Waals surface area contributed by atoms with Gasteiger partial charge in [0.2, 0.25) is 5.91 Å². The van der Waals surface area contributed by atoms with Crippen molar-refractivity contribution < 1.29 is 9.90 Å². The Kier molecular flexibility index (Phi) is 4.19. The summed E-state index contributed by atoms with van der Waals surface area (Å²) in [5.74, 6) is -0.120. The maximum atomic E-state index is 11.6. The van der Waals surface area contributed by atoms with Crippen LogP contribution in [0.15, 0.2) is 34.8 Å². The average molecular weight is 310 g/mol. The fourth-order valence-electron chi connectivity index (χ4n) is 1.68. The van der Waals surface area contributed by atoms with Crippen LogP contribution in [0.1, 0.15) is 18.4 Å². The summed E-state index contributed by atoms with van der Waals surface area (Å²) in [6.07, 6.45) is 5.29. The van der Waals surface area contributed by atoms with E-state index in [1.54, 1.807) is 6.08 Å². The molecule has 96 valence electrons. The lowest BCUT2D eigenvalue weighted by Crippen LogP contribution is -2.30. The van der Waals surface area contributed by atoms with Crippen LogP contribution >= 0.6 is 15.9 Å². The summed E-state index contributed by atoms with van der Waals surface area (Å²) in [6.45, 7) is 0.712. The summed E-state index contributed by atoms with van der Waals surface area (Å²) in [4.78, 5) is 11.6. The van der Waals surface area contributed by atoms with E-state index in [-0.39, 0.29) is 17.9 Å². The van der Waals surface area contributed by atoms with Crippen LogP contribution in [0.2, 0.25) is 0 Å². The van der Waals surface area contributed by atoms with Crippen LogP contribution in [0, 0.1) is 5.41 Å². The minimum atomic E-state index is -0.120. The van der Waals surface area contributed by atoms with E-state index in [9.17, 15) is 4.79 Å². The molecule has 4 heteroatoms. The number of carbonyl (C=O) groups is 1. The van der Waals surface area contributed by atoms with Gasteiger partial charge in [0.15, 0.2) is 0 Å². The molecule has 1 amide bonds. The Labute approximate surface area is 115 Å². The van der Waals surface area contributed by atoms with E-state index in [4.69, 9.17) is 5.11 Å². The summed E-state index contributed by atoms with van der Waals surface area (Å²) in [6, 6.07) is 7.72. The van der Waals surface area contributed by atoms with Crippen LogP contribution in [0.5, 0.6) is 0 Å². The van der Waals surface area contributed by atoms with Crippen molar-refractivity contribution in [2.24, 2.45) is 5.41 Å². The molecule has 1 aromatic rings. The molecule has 0 saturated heterocycles. The van der Waals surface area contributed by atoms with E-state index in [0.29, 0.717) is 6.54 Å². The molecular formula is C14H16BrNO2. The summed E-state index contributed by atoms with van der Waals surface area (Å²) >= 11 is 3.42. The molecule has 0 bridgehead atoms. The third-order valence-corrected chi connectivity index (χ3v) is 3.97. The molecule has 0 aliphatic heterocycles. The number of carbonyl (C=O) groups excluding carboxylic acids is 1. The molecule has 18 heavy (non-hydrogen) atoms. The SMILES string of the molecule is O=C(/C=C/c1ccccc1Br)NCC1(CO)CC1. The van der Waals surface area contributed by atoms with E-state index in [2.05, 4.69) is 21.2 Å². The summed E-state index contributed by atoms with van der Waals surface area (Å²) < 4.78 is 0.961. The molecule has 0 unspecified atom stereocenters. The van der Waals surface area contributed by atoms with Crippen molar-refractivity contribution in [1.29, 1.82) is 0 Å². The van der Waals surface area contributed by atoms with Gasteiger partial charge < -0.3 is 10.4 Å². The fourth-order valence-corrected chi connectivity index (χ4v) is 2.09. The van der Waals surface area contributed by atoms with Gasteiger partial charge in [0.1, 0.15) is 0 Å². The van der Waals surface area contributed by atoms with E-state index in [1.807, 2.05) is 24.3 Å². The minimum absolute atomic E-state index is 0.0448. The summed E-state index contributed by atoms with van der Waals surface area (Å²) in [5.41, 5.74) is 0.924. The third-order valence-electron chi connectivity index (χ3n) is 3.25. The first-order valence-electron chi connectivity index (χ1n) is 5.97. The van der Waals surface area contributed by atoms with Crippen molar-refractivity contribution in [3.05, 3.63) is 40.4 Å². The van der Waals surface area contributed by atoms with Gasteiger partial charge in [-0.15, -0.1) is 0 Å². The molecule has 1 saturated carbocycles. The zero-order chi connectivity index (χ0) is 13.0. The second-order valence-electron chi connectivity index (χ2n) is 4.73. The second-order valence-corrected chi connectivity index (χ2v) is 5.59. The topological polar surface area (TPSA) is 49.3 Å². The number of benzene rings is 1. The quantitative estimate of drug-likeness (QED) is 0.820. The van der Waals surface area contributed by atoms with Crippen molar-refractivity contribution in [1.82, 2.24) is 5.32 Å². The number of aliphatic hydroxyl groups is 1. The van der Waals surface area contributed by atoms with Crippen LogP contribution in [-0.4, -0.2) is 24.2 Å². The highest BCUT2D eigenvalue weighted by Crippen LogP contribution is 2.44. The first kappa shape index (κ1) is 13.3. The second kappa shape index (κ2) is 5.67. The lowest BCUT2D eigenvalue weighted by Gasteiger charge is -2.11. The first-order chi connectivity index (χ1) is 8.65. The van der Waals surface area contributed by atoms with Crippen LogP contribution in [0.3, 0.4) is 0 Å². The molecular weight excluding hydrogens is 294 g/mol. The number of hydrogen-bond acceptors (Lipinski definition) is 2. The molecule has 2 rings (SSSR count). The van der Waals surface area contributed by atoms with Gasteiger partial charge in [0, 0.05) is 22.5 Å². The molecule has 2 N–H and O–H groups in total. The van der Waals surface area contributed by atoms with E-state index in [0.717, 1.165) is 22.9 Å². The van der Waals surface area contributed by atoms with Crippen molar-refractivity contribution in [2.45, 2.75) is 12.8 Å². The number of halogens is 1. The van der Waals surface area contributed by atoms with Crippen LogP contribution in [-0.2, 0) is 4.79 Å². The highest BCUT2D eigenvalue weighted by atomic mass is 79.9. The Hall–Kier alpha value is -1.13. The summed E-state index contributed by atoms with van der Waals surface area (Å²) in [5, 5.41) is 12.0. The van der Waals surface area contributed by atoms with Gasteiger partial charge in [0.25, 0.3) is 0 Å². The molecule has 0 heterocycles.